The molecule has 0 spiro atoms. The van der Waals surface area contributed by atoms with Crippen LogP contribution in [0.15, 0.2) is 265 Å². The first kappa shape index (κ1) is 39.5. The highest BCUT2D eigenvalue weighted by Gasteiger charge is 2.28. The molecule has 0 bridgehead atoms. The molecule has 2 nitrogen and oxygen atoms in total. The van der Waals surface area contributed by atoms with E-state index in [2.05, 4.69) is 264 Å². The first-order valence-corrected chi connectivity index (χ1v) is 24.5. The highest BCUT2D eigenvalue weighted by molar-refractivity contribution is 8.00. The topological polar surface area (TPSA) is 8.17 Å². The molecular weight excluding hydrogens is 853 g/mol. The van der Waals surface area contributed by atoms with E-state index in [9.17, 15) is 0 Å². The summed E-state index contributed by atoms with van der Waals surface area (Å²) in [6.45, 7) is 0. The van der Waals surface area contributed by atoms with Gasteiger partial charge in [0.2, 0.25) is 0 Å². The fourth-order valence-electron chi connectivity index (χ4n) is 10.9. The Morgan fingerprint density at radius 1 is 0.275 bits per heavy atom. The van der Waals surface area contributed by atoms with Gasteiger partial charge in [0.15, 0.2) is 0 Å². The fraction of sp³-hybridized carbons (Fsp3) is 0. The van der Waals surface area contributed by atoms with E-state index in [1.807, 2.05) is 11.8 Å². The smallest absolute Gasteiger partial charge is 0.0608 e. The summed E-state index contributed by atoms with van der Waals surface area (Å²) in [5.41, 5.74) is 16.6. The molecule has 1 aliphatic rings. The van der Waals surface area contributed by atoms with Gasteiger partial charge in [-0.1, -0.05) is 194 Å². The van der Waals surface area contributed by atoms with Crippen molar-refractivity contribution in [2.45, 2.75) is 9.79 Å². The maximum absolute atomic E-state index is 2.51. The van der Waals surface area contributed by atoms with E-state index in [0.717, 1.165) is 11.4 Å². The largest absolute Gasteiger partial charge is 0.309 e. The van der Waals surface area contributed by atoms with Crippen LogP contribution in [-0.2, 0) is 0 Å². The molecule has 1 aliphatic heterocycles. The molecule has 3 heteroatoms. The van der Waals surface area contributed by atoms with Crippen molar-refractivity contribution in [1.82, 2.24) is 4.57 Å². The first-order valence-electron chi connectivity index (χ1n) is 23.6. The number of rotatable bonds is 6. The van der Waals surface area contributed by atoms with Crippen molar-refractivity contribution in [3.05, 3.63) is 255 Å². The van der Waals surface area contributed by atoms with Crippen molar-refractivity contribution < 1.29 is 0 Å². The van der Waals surface area contributed by atoms with E-state index in [1.54, 1.807) is 0 Å². The molecule has 0 saturated heterocycles. The zero-order valence-electron chi connectivity index (χ0n) is 37.6. The molecule has 0 amide bonds. The summed E-state index contributed by atoms with van der Waals surface area (Å²) in [5, 5.41) is 10.00. The van der Waals surface area contributed by atoms with Crippen molar-refractivity contribution in [1.29, 1.82) is 0 Å². The van der Waals surface area contributed by atoms with Crippen LogP contribution >= 0.6 is 11.8 Å². The molecule has 0 saturated carbocycles. The maximum Gasteiger partial charge on any atom is 0.0608 e. The van der Waals surface area contributed by atoms with Crippen molar-refractivity contribution in [3.8, 4) is 50.2 Å². The van der Waals surface area contributed by atoms with Crippen molar-refractivity contribution in [2.24, 2.45) is 0 Å². The van der Waals surface area contributed by atoms with Gasteiger partial charge in [-0.3, -0.25) is 0 Å². The Labute approximate surface area is 405 Å². The summed E-state index contributed by atoms with van der Waals surface area (Å²) in [6.07, 6.45) is 0. The van der Waals surface area contributed by atoms with E-state index in [0.29, 0.717) is 0 Å². The molecule has 12 aromatic carbocycles. The predicted molar refractivity (Wildman–Crippen MR) is 294 cm³/mol. The number of aromatic nitrogens is 1. The third-order valence-electron chi connectivity index (χ3n) is 14.1. The second-order valence-corrected chi connectivity index (χ2v) is 19.1. The molecule has 13 aromatic rings. The molecule has 0 fully saturated rings. The molecule has 0 N–H and O–H groups in total. The summed E-state index contributed by atoms with van der Waals surface area (Å²) in [4.78, 5) is 5.00. The van der Waals surface area contributed by atoms with Gasteiger partial charge < -0.3 is 9.47 Å². The summed E-state index contributed by atoms with van der Waals surface area (Å²) >= 11 is 1.88. The average Bonchev–Trinajstić information content (AvgIpc) is 3.75. The standard InChI is InChI=1S/C66H42N2S/c1-3-16-43(17-4-1)51-37-52(44-18-5-2-6-19-44)40-54(39-51)68-62-34-30-45-20-7-12-27-57(45)66(62)69-64-35-32-47(42-63(64)68)46-31-33-61-59(41-46)58-28-13-14-29-60(58)67(61)53-24-15-23-50(38-53)65-55-25-10-8-21-48(55)36-49-22-9-11-26-56(49)65/h1-42H. The minimum Gasteiger partial charge on any atom is -0.309 e. The molecule has 322 valence electrons. The van der Waals surface area contributed by atoms with Crippen LogP contribution in [0.25, 0.3) is 104 Å². The van der Waals surface area contributed by atoms with E-state index >= 15 is 0 Å². The van der Waals surface area contributed by atoms with Crippen LogP contribution in [0.5, 0.6) is 0 Å². The van der Waals surface area contributed by atoms with Crippen LogP contribution in [0.1, 0.15) is 0 Å². The minimum atomic E-state index is 1.13. The first-order chi connectivity index (χ1) is 34.2. The predicted octanol–water partition coefficient (Wildman–Crippen LogP) is 18.8. The van der Waals surface area contributed by atoms with Crippen LogP contribution in [0, 0.1) is 0 Å². The van der Waals surface area contributed by atoms with Gasteiger partial charge in [0, 0.05) is 31.9 Å². The monoisotopic (exact) mass is 894 g/mol. The number of para-hydroxylation sites is 1. The van der Waals surface area contributed by atoms with Gasteiger partial charge in [0.25, 0.3) is 0 Å². The van der Waals surface area contributed by atoms with Crippen LogP contribution in [0.4, 0.5) is 17.1 Å². The van der Waals surface area contributed by atoms with Gasteiger partial charge in [0.05, 0.1) is 22.4 Å². The number of nitrogens with zero attached hydrogens (tertiary/aromatic N) is 2. The second kappa shape index (κ2) is 16.0. The van der Waals surface area contributed by atoms with E-state index in [1.165, 1.54) is 120 Å². The fourth-order valence-corrected chi connectivity index (χ4v) is 12.1. The summed E-state index contributed by atoms with van der Waals surface area (Å²) in [7, 11) is 0. The number of anilines is 3. The third kappa shape index (κ3) is 6.58. The Balaban J connectivity index is 0.935. The number of hydrogen-bond donors (Lipinski definition) is 0. The number of fused-ring (bicyclic) bond motifs is 9. The molecule has 1 aromatic heterocycles. The highest BCUT2D eigenvalue weighted by Crippen LogP contribution is 2.55. The van der Waals surface area contributed by atoms with E-state index in [4.69, 9.17) is 0 Å². The van der Waals surface area contributed by atoms with Gasteiger partial charge in [-0.2, -0.15) is 0 Å². The molecule has 0 unspecified atom stereocenters. The lowest BCUT2D eigenvalue weighted by Gasteiger charge is -2.34. The molecule has 0 aliphatic carbocycles. The normalized spacial score (nSPS) is 12.3. The second-order valence-electron chi connectivity index (χ2n) is 18.1. The van der Waals surface area contributed by atoms with Gasteiger partial charge in [-0.15, -0.1) is 0 Å². The minimum absolute atomic E-state index is 1.13. The molecule has 0 atom stereocenters. The Kier molecular flexibility index (Phi) is 9.18. The van der Waals surface area contributed by atoms with Gasteiger partial charge >= 0.3 is 0 Å². The van der Waals surface area contributed by atoms with Gasteiger partial charge in [-0.25, -0.2) is 0 Å². The lowest BCUT2D eigenvalue weighted by atomic mass is 9.92. The number of benzene rings is 12. The zero-order valence-corrected chi connectivity index (χ0v) is 38.4. The van der Waals surface area contributed by atoms with Crippen molar-refractivity contribution in [3.63, 3.8) is 0 Å². The maximum atomic E-state index is 2.51. The van der Waals surface area contributed by atoms with Crippen LogP contribution < -0.4 is 4.90 Å². The quantitative estimate of drug-likeness (QED) is 0.154. The van der Waals surface area contributed by atoms with Crippen LogP contribution in [0.3, 0.4) is 0 Å². The van der Waals surface area contributed by atoms with Crippen molar-refractivity contribution in [2.75, 3.05) is 4.90 Å². The van der Waals surface area contributed by atoms with E-state index < -0.39 is 0 Å². The Morgan fingerprint density at radius 3 is 1.57 bits per heavy atom. The molecule has 2 heterocycles. The Bertz CT molecular complexity index is 4060. The lowest BCUT2D eigenvalue weighted by Crippen LogP contribution is -2.15. The average molecular weight is 895 g/mol. The zero-order chi connectivity index (χ0) is 45.4. The van der Waals surface area contributed by atoms with Gasteiger partial charge in [-0.05, 0) is 150 Å². The molecule has 69 heavy (non-hydrogen) atoms. The SMILES string of the molecule is c1ccc(-c2cc(-c3ccccc3)cc(N3c4cc(-c5ccc6c(c5)c5ccccc5n6-c5cccc(-c6c7ccccc7cc7ccccc67)c5)ccc4Sc4c3ccc3ccccc43)c2)cc1. The molecule has 0 radical (unpaired) electrons. The third-order valence-corrected chi connectivity index (χ3v) is 15.3. The van der Waals surface area contributed by atoms with Crippen LogP contribution in [0.2, 0.25) is 0 Å². The Hall–Kier alpha value is -8.63. The summed E-state index contributed by atoms with van der Waals surface area (Å²) in [6, 6.07) is 93.9. The Morgan fingerprint density at radius 2 is 0.841 bits per heavy atom. The van der Waals surface area contributed by atoms with E-state index in [-0.39, 0.29) is 0 Å². The van der Waals surface area contributed by atoms with Gasteiger partial charge in [0.1, 0.15) is 0 Å². The molecule has 14 rings (SSSR count). The highest BCUT2D eigenvalue weighted by atomic mass is 32.2. The number of hydrogen-bond acceptors (Lipinski definition) is 2. The molecular formula is C66H42N2S. The summed E-state index contributed by atoms with van der Waals surface area (Å²) in [5.74, 6) is 0. The van der Waals surface area contributed by atoms with Crippen LogP contribution in [-0.4, -0.2) is 4.57 Å². The lowest BCUT2D eigenvalue weighted by molar-refractivity contribution is 1.18. The summed E-state index contributed by atoms with van der Waals surface area (Å²) < 4.78 is 2.45. The van der Waals surface area contributed by atoms with Crippen molar-refractivity contribution >= 4 is 82.9 Å².